The van der Waals surface area contributed by atoms with Gasteiger partial charge in [0.1, 0.15) is 0 Å². The first-order valence-corrected chi connectivity index (χ1v) is 9.13. The van der Waals surface area contributed by atoms with Crippen molar-refractivity contribution in [2.45, 2.75) is 4.90 Å². The van der Waals surface area contributed by atoms with Crippen molar-refractivity contribution in [3.05, 3.63) is 54.4 Å². The monoisotopic (exact) mass is 339 g/mol. The second kappa shape index (κ2) is 5.34. The molecule has 0 saturated heterocycles. The van der Waals surface area contributed by atoms with E-state index in [4.69, 9.17) is 0 Å². The summed E-state index contributed by atoms with van der Waals surface area (Å²) in [4.78, 5) is 4.41. The Labute approximate surface area is 138 Å². The molecule has 0 aliphatic carbocycles. The number of rotatable bonds is 3. The van der Waals surface area contributed by atoms with E-state index in [2.05, 4.69) is 20.3 Å². The lowest BCUT2D eigenvalue weighted by atomic mass is 10.00. The molecular formula is C16H13N5O2S. The van der Waals surface area contributed by atoms with E-state index in [0.29, 0.717) is 11.4 Å². The molecule has 4 rings (SSSR count). The topological polar surface area (TPSA) is 88.5 Å². The fraction of sp³-hybridized carbons (Fsp3) is 0.125. The quantitative estimate of drug-likeness (QED) is 0.734. The zero-order chi connectivity index (χ0) is 16.7. The molecule has 8 heteroatoms. The van der Waals surface area contributed by atoms with E-state index in [0.717, 1.165) is 16.6 Å². The minimum absolute atomic E-state index is 0.190. The summed E-state index contributed by atoms with van der Waals surface area (Å²) in [6, 6.07) is 10.9. The van der Waals surface area contributed by atoms with Crippen LogP contribution in [0.3, 0.4) is 0 Å². The summed E-state index contributed by atoms with van der Waals surface area (Å²) in [6.07, 6.45) is 4.73. The molecule has 0 fully saturated rings. The van der Waals surface area contributed by atoms with Crippen LogP contribution >= 0.6 is 0 Å². The Hall–Kier alpha value is -2.87. The van der Waals surface area contributed by atoms with Gasteiger partial charge in [-0.25, -0.2) is 17.9 Å². The van der Waals surface area contributed by atoms with Gasteiger partial charge in [0.15, 0.2) is 22.3 Å². The maximum atomic E-state index is 12.2. The van der Waals surface area contributed by atoms with Gasteiger partial charge < -0.3 is 0 Å². The smallest absolute Gasteiger partial charge is 0.180 e. The largest absolute Gasteiger partial charge is 0.240 e. The van der Waals surface area contributed by atoms with Crippen LogP contribution in [0.1, 0.15) is 5.56 Å². The molecule has 1 aliphatic heterocycles. The number of sulfone groups is 1. The lowest BCUT2D eigenvalue weighted by molar-refractivity contribution is 0.601. The van der Waals surface area contributed by atoms with Crippen molar-refractivity contribution in [1.82, 2.24) is 9.61 Å². The molecule has 0 saturated carbocycles. The zero-order valence-electron chi connectivity index (χ0n) is 12.8. The van der Waals surface area contributed by atoms with E-state index in [1.165, 1.54) is 6.26 Å². The van der Waals surface area contributed by atoms with Crippen molar-refractivity contribution >= 4 is 21.2 Å². The SMILES string of the molecule is CS(=O)(=O)c1cccc(-c2cnn3ccccc23)c1C1=NCN=N1. The molecule has 1 aromatic carbocycles. The van der Waals surface area contributed by atoms with Gasteiger partial charge in [-0.05, 0) is 23.8 Å². The zero-order valence-corrected chi connectivity index (χ0v) is 13.6. The second-order valence-corrected chi connectivity index (χ2v) is 7.39. The summed E-state index contributed by atoms with van der Waals surface area (Å²) in [7, 11) is -3.45. The van der Waals surface area contributed by atoms with Crippen molar-refractivity contribution < 1.29 is 8.42 Å². The maximum absolute atomic E-state index is 12.2. The maximum Gasteiger partial charge on any atom is 0.180 e. The molecule has 120 valence electrons. The van der Waals surface area contributed by atoms with Crippen LogP contribution in [-0.4, -0.2) is 36.8 Å². The van der Waals surface area contributed by atoms with Crippen molar-refractivity contribution in [1.29, 1.82) is 0 Å². The fourth-order valence-electron chi connectivity index (χ4n) is 2.80. The second-order valence-electron chi connectivity index (χ2n) is 5.40. The number of pyridine rings is 1. The molecule has 2 aromatic heterocycles. The Morgan fingerprint density at radius 1 is 1.08 bits per heavy atom. The van der Waals surface area contributed by atoms with Crippen molar-refractivity contribution in [2.75, 3.05) is 12.9 Å². The molecule has 0 radical (unpaired) electrons. The standard InChI is InChI=1S/C16H13N5O2S/c1-24(22,23)14-7-4-5-11(15(14)16-17-10-18-20-16)12-9-19-21-8-3-2-6-13(12)21/h2-9H,10H2,1H3. The molecular weight excluding hydrogens is 326 g/mol. The molecule has 0 atom stereocenters. The highest BCUT2D eigenvalue weighted by Crippen LogP contribution is 2.33. The van der Waals surface area contributed by atoms with Crippen LogP contribution in [0.25, 0.3) is 16.6 Å². The van der Waals surface area contributed by atoms with Crippen LogP contribution in [0.15, 0.2) is 68.9 Å². The molecule has 3 heterocycles. The minimum Gasteiger partial charge on any atom is -0.240 e. The van der Waals surface area contributed by atoms with E-state index < -0.39 is 9.84 Å². The lowest BCUT2D eigenvalue weighted by Gasteiger charge is -2.11. The molecule has 0 unspecified atom stereocenters. The van der Waals surface area contributed by atoms with Gasteiger partial charge in [-0.2, -0.15) is 10.2 Å². The third kappa shape index (κ3) is 2.31. The van der Waals surface area contributed by atoms with Gasteiger partial charge in [0.05, 0.1) is 16.6 Å². The number of amidine groups is 1. The highest BCUT2D eigenvalue weighted by Gasteiger charge is 2.24. The Morgan fingerprint density at radius 2 is 1.96 bits per heavy atom. The Bertz CT molecular complexity index is 1110. The van der Waals surface area contributed by atoms with Crippen molar-refractivity contribution in [2.24, 2.45) is 15.2 Å². The molecule has 0 N–H and O–H groups in total. The van der Waals surface area contributed by atoms with E-state index in [-0.39, 0.29) is 11.6 Å². The summed E-state index contributed by atoms with van der Waals surface area (Å²) in [5.41, 5.74) is 2.89. The van der Waals surface area contributed by atoms with Gasteiger partial charge in [0.25, 0.3) is 0 Å². The first-order chi connectivity index (χ1) is 11.6. The predicted octanol–water partition coefficient (Wildman–Crippen LogP) is 2.57. The van der Waals surface area contributed by atoms with E-state index in [1.807, 2.05) is 30.5 Å². The number of fused-ring (bicyclic) bond motifs is 1. The van der Waals surface area contributed by atoms with E-state index in [9.17, 15) is 8.42 Å². The average Bonchev–Trinajstić information content (AvgIpc) is 3.23. The van der Waals surface area contributed by atoms with Crippen LogP contribution in [0, 0.1) is 0 Å². The lowest BCUT2D eigenvalue weighted by Crippen LogP contribution is -2.08. The molecule has 1 aliphatic rings. The number of benzene rings is 1. The fourth-order valence-corrected chi connectivity index (χ4v) is 3.69. The minimum atomic E-state index is -3.45. The van der Waals surface area contributed by atoms with Crippen molar-refractivity contribution in [3.63, 3.8) is 0 Å². The van der Waals surface area contributed by atoms with Gasteiger partial charge in [0, 0.05) is 23.6 Å². The Morgan fingerprint density at radius 3 is 2.71 bits per heavy atom. The van der Waals surface area contributed by atoms with Crippen LogP contribution in [0.5, 0.6) is 0 Å². The van der Waals surface area contributed by atoms with Crippen LogP contribution < -0.4 is 0 Å². The molecule has 7 nitrogen and oxygen atoms in total. The number of azo groups is 1. The summed E-state index contributed by atoms with van der Waals surface area (Å²) in [6.45, 7) is 0.210. The van der Waals surface area contributed by atoms with Gasteiger partial charge >= 0.3 is 0 Å². The first kappa shape index (κ1) is 14.7. The summed E-state index contributed by atoms with van der Waals surface area (Å²) >= 11 is 0. The third-order valence-corrected chi connectivity index (χ3v) is 4.95. The molecule has 0 spiro atoms. The number of nitrogens with zero attached hydrogens (tertiary/aromatic N) is 5. The number of hydrogen-bond acceptors (Lipinski definition) is 6. The molecule has 24 heavy (non-hydrogen) atoms. The van der Waals surface area contributed by atoms with E-state index in [1.54, 1.807) is 22.8 Å². The average molecular weight is 339 g/mol. The van der Waals surface area contributed by atoms with Gasteiger partial charge in [-0.15, -0.1) is 5.11 Å². The number of hydrogen-bond donors (Lipinski definition) is 0. The van der Waals surface area contributed by atoms with Crippen LogP contribution in [0.4, 0.5) is 0 Å². The highest BCUT2D eigenvalue weighted by atomic mass is 32.2. The molecule has 3 aromatic rings. The normalized spacial score (nSPS) is 14.3. The van der Waals surface area contributed by atoms with Crippen LogP contribution in [0.2, 0.25) is 0 Å². The van der Waals surface area contributed by atoms with E-state index >= 15 is 0 Å². The Balaban J connectivity index is 2.08. The highest BCUT2D eigenvalue weighted by molar-refractivity contribution is 7.90. The van der Waals surface area contributed by atoms with Crippen molar-refractivity contribution in [3.8, 4) is 11.1 Å². The number of aliphatic imine (C=N–C) groups is 1. The van der Waals surface area contributed by atoms with Gasteiger partial charge in [-0.3, -0.25) is 0 Å². The molecule has 0 bridgehead atoms. The first-order valence-electron chi connectivity index (χ1n) is 7.24. The predicted molar refractivity (Wildman–Crippen MR) is 90.0 cm³/mol. The summed E-state index contributed by atoms with van der Waals surface area (Å²) in [5.74, 6) is 0.335. The molecule has 0 amide bonds. The Kier molecular flexibility index (Phi) is 3.27. The van der Waals surface area contributed by atoms with Gasteiger partial charge in [0.2, 0.25) is 0 Å². The third-order valence-electron chi connectivity index (χ3n) is 3.82. The number of aromatic nitrogens is 2. The summed E-state index contributed by atoms with van der Waals surface area (Å²) < 4.78 is 26.2. The summed E-state index contributed by atoms with van der Waals surface area (Å²) in [5, 5.41) is 12.2. The van der Waals surface area contributed by atoms with Gasteiger partial charge in [-0.1, -0.05) is 18.2 Å². The van der Waals surface area contributed by atoms with Crippen LogP contribution in [-0.2, 0) is 9.84 Å².